The van der Waals surface area contributed by atoms with Crippen molar-refractivity contribution in [3.8, 4) is 0 Å². The van der Waals surface area contributed by atoms with Gasteiger partial charge in [0.25, 0.3) is 0 Å². The first-order valence-corrected chi connectivity index (χ1v) is 7.62. The topological polar surface area (TPSA) is 83.8 Å². The first-order chi connectivity index (χ1) is 9.56. The Labute approximate surface area is 121 Å². The molecule has 0 radical (unpaired) electrons. The molecule has 0 fully saturated rings. The van der Waals surface area contributed by atoms with Gasteiger partial charge in [-0.1, -0.05) is 33.6 Å². The number of nitrogens with two attached hydrogens (primary N) is 1. The standard InChI is InChI=1S/C15H28N4O/c1-4-5-12(8-9-16)6-7-15(20)17-14-10-13(11(2)3)18-19-14/h10-12H,4-9,16H2,1-3H3,(H2,17,18,19,20). The summed E-state index contributed by atoms with van der Waals surface area (Å²) in [6, 6.07) is 1.89. The van der Waals surface area contributed by atoms with Crippen LogP contribution in [-0.4, -0.2) is 22.6 Å². The van der Waals surface area contributed by atoms with Crippen LogP contribution >= 0.6 is 0 Å². The zero-order chi connectivity index (χ0) is 15.0. The first kappa shape index (κ1) is 16.7. The number of aromatic amines is 1. The molecule has 20 heavy (non-hydrogen) atoms. The summed E-state index contributed by atoms with van der Waals surface area (Å²) in [4.78, 5) is 11.9. The number of hydrogen-bond donors (Lipinski definition) is 3. The molecule has 0 aliphatic rings. The van der Waals surface area contributed by atoms with Crippen molar-refractivity contribution in [2.45, 2.75) is 58.8 Å². The van der Waals surface area contributed by atoms with Gasteiger partial charge in [-0.2, -0.15) is 5.10 Å². The molecule has 1 unspecified atom stereocenters. The Morgan fingerprint density at radius 2 is 2.15 bits per heavy atom. The highest BCUT2D eigenvalue weighted by Gasteiger charge is 2.12. The molecule has 1 heterocycles. The summed E-state index contributed by atoms with van der Waals surface area (Å²) in [6.07, 6.45) is 4.72. The number of nitrogens with one attached hydrogen (secondary N) is 2. The Morgan fingerprint density at radius 3 is 2.70 bits per heavy atom. The van der Waals surface area contributed by atoms with Crippen molar-refractivity contribution in [2.75, 3.05) is 11.9 Å². The Hall–Kier alpha value is -1.36. The summed E-state index contributed by atoms with van der Waals surface area (Å²) >= 11 is 0. The zero-order valence-electron chi connectivity index (χ0n) is 12.9. The molecule has 4 N–H and O–H groups in total. The molecule has 0 aliphatic carbocycles. The van der Waals surface area contributed by atoms with Gasteiger partial charge in [0.05, 0.1) is 0 Å². The van der Waals surface area contributed by atoms with E-state index in [9.17, 15) is 4.79 Å². The third kappa shape index (κ3) is 5.74. The minimum atomic E-state index is 0.0323. The van der Waals surface area contributed by atoms with E-state index in [0.717, 1.165) is 31.4 Å². The lowest BCUT2D eigenvalue weighted by Gasteiger charge is -2.14. The van der Waals surface area contributed by atoms with Gasteiger partial charge in [-0.25, -0.2) is 0 Å². The van der Waals surface area contributed by atoms with E-state index < -0.39 is 0 Å². The summed E-state index contributed by atoms with van der Waals surface area (Å²) in [5.74, 6) is 1.59. The number of nitrogens with zero attached hydrogens (tertiary/aromatic N) is 1. The number of anilines is 1. The lowest BCUT2D eigenvalue weighted by Crippen LogP contribution is -2.15. The number of H-pyrrole nitrogens is 1. The molecular weight excluding hydrogens is 252 g/mol. The fraction of sp³-hybridized carbons (Fsp3) is 0.733. The largest absolute Gasteiger partial charge is 0.330 e. The predicted molar refractivity (Wildman–Crippen MR) is 82.6 cm³/mol. The Bertz CT molecular complexity index is 394. The monoisotopic (exact) mass is 280 g/mol. The molecule has 0 aromatic carbocycles. The maximum atomic E-state index is 11.9. The highest BCUT2D eigenvalue weighted by Crippen LogP contribution is 2.18. The number of hydrogen-bond acceptors (Lipinski definition) is 3. The Kier molecular flexibility index (Phi) is 7.30. The van der Waals surface area contributed by atoms with Crippen molar-refractivity contribution in [3.63, 3.8) is 0 Å². The molecule has 0 saturated heterocycles. The van der Waals surface area contributed by atoms with Crippen LogP contribution in [0.4, 0.5) is 5.82 Å². The van der Waals surface area contributed by atoms with Gasteiger partial charge >= 0.3 is 0 Å². The van der Waals surface area contributed by atoms with E-state index in [0.29, 0.717) is 30.6 Å². The third-order valence-corrected chi connectivity index (χ3v) is 3.54. The molecule has 0 aliphatic heterocycles. The molecule has 1 atom stereocenters. The number of carbonyl (C=O) groups excluding carboxylic acids is 1. The second-order valence-corrected chi connectivity index (χ2v) is 5.68. The predicted octanol–water partition coefficient (Wildman–Crippen LogP) is 3.02. The molecule has 1 amide bonds. The maximum absolute atomic E-state index is 11.9. The lowest BCUT2D eigenvalue weighted by molar-refractivity contribution is -0.116. The highest BCUT2D eigenvalue weighted by atomic mass is 16.1. The van der Waals surface area contributed by atoms with Gasteiger partial charge in [0, 0.05) is 18.2 Å². The molecule has 0 bridgehead atoms. The smallest absolute Gasteiger partial charge is 0.225 e. The van der Waals surface area contributed by atoms with Gasteiger partial charge in [-0.05, 0) is 31.2 Å². The second-order valence-electron chi connectivity index (χ2n) is 5.68. The van der Waals surface area contributed by atoms with Crippen LogP contribution in [0.25, 0.3) is 0 Å². The van der Waals surface area contributed by atoms with Crippen LogP contribution in [0.2, 0.25) is 0 Å². The second kappa shape index (κ2) is 8.74. The summed E-state index contributed by atoms with van der Waals surface area (Å²) in [6.45, 7) is 7.03. The number of carbonyl (C=O) groups is 1. The minimum absolute atomic E-state index is 0.0323. The average molecular weight is 280 g/mol. The van der Waals surface area contributed by atoms with Crippen molar-refractivity contribution >= 4 is 11.7 Å². The number of amides is 1. The quantitative estimate of drug-likeness (QED) is 0.650. The molecule has 1 aromatic heterocycles. The van der Waals surface area contributed by atoms with Crippen LogP contribution in [0.1, 0.15) is 64.5 Å². The van der Waals surface area contributed by atoms with Crippen molar-refractivity contribution in [1.29, 1.82) is 0 Å². The minimum Gasteiger partial charge on any atom is -0.330 e. The summed E-state index contributed by atoms with van der Waals surface area (Å²) in [5.41, 5.74) is 6.64. The van der Waals surface area contributed by atoms with E-state index in [-0.39, 0.29) is 5.91 Å². The molecule has 0 saturated carbocycles. The molecule has 1 aromatic rings. The van der Waals surface area contributed by atoms with Crippen molar-refractivity contribution in [3.05, 3.63) is 11.8 Å². The van der Waals surface area contributed by atoms with Gasteiger partial charge in [0.2, 0.25) is 5.91 Å². The van der Waals surface area contributed by atoms with Crippen LogP contribution in [0.15, 0.2) is 6.07 Å². The SMILES string of the molecule is CCCC(CCN)CCC(=O)Nc1cc(C(C)C)[nH]n1. The molecular formula is C15H28N4O. The van der Waals surface area contributed by atoms with Crippen molar-refractivity contribution < 1.29 is 4.79 Å². The molecule has 114 valence electrons. The van der Waals surface area contributed by atoms with Crippen molar-refractivity contribution in [1.82, 2.24) is 10.2 Å². The van der Waals surface area contributed by atoms with Crippen LogP contribution in [-0.2, 0) is 4.79 Å². The van der Waals surface area contributed by atoms with E-state index in [1.807, 2.05) is 6.07 Å². The van der Waals surface area contributed by atoms with Crippen LogP contribution in [0.3, 0.4) is 0 Å². The van der Waals surface area contributed by atoms with Crippen LogP contribution in [0.5, 0.6) is 0 Å². The van der Waals surface area contributed by atoms with E-state index >= 15 is 0 Å². The Balaban J connectivity index is 2.38. The summed E-state index contributed by atoms with van der Waals surface area (Å²) in [7, 11) is 0. The van der Waals surface area contributed by atoms with Crippen LogP contribution in [0, 0.1) is 5.92 Å². The van der Waals surface area contributed by atoms with Gasteiger partial charge in [0.1, 0.15) is 0 Å². The fourth-order valence-electron chi connectivity index (χ4n) is 2.31. The maximum Gasteiger partial charge on any atom is 0.225 e. The van der Waals surface area contributed by atoms with Crippen molar-refractivity contribution in [2.24, 2.45) is 11.7 Å². The molecule has 5 heteroatoms. The Morgan fingerprint density at radius 1 is 1.40 bits per heavy atom. The molecule has 5 nitrogen and oxygen atoms in total. The fourth-order valence-corrected chi connectivity index (χ4v) is 2.31. The number of aromatic nitrogens is 2. The molecule has 0 spiro atoms. The summed E-state index contributed by atoms with van der Waals surface area (Å²) in [5, 5.41) is 9.88. The van der Waals surface area contributed by atoms with E-state index in [4.69, 9.17) is 5.73 Å². The van der Waals surface area contributed by atoms with E-state index in [1.165, 1.54) is 0 Å². The van der Waals surface area contributed by atoms with E-state index in [2.05, 4.69) is 36.3 Å². The number of rotatable bonds is 9. The lowest BCUT2D eigenvalue weighted by atomic mass is 9.94. The molecule has 1 rings (SSSR count). The van der Waals surface area contributed by atoms with Gasteiger partial charge in [-0.15, -0.1) is 0 Å². The first-order valence-electron chi connectivity index (χ1n) is 7.62. The van der Waals surface area contributed by atoms with E-state index in [1.54, 1.807) is 0 Å². The third-order valence-electron chi connectivity index (χ3n) is 3.54. The normalized spacial score (nSPS) is 12.7. The highest BCUT2D eigenvalue weighted by molar-refractivity contribution is 5.89. The van der Waals surface area contributed by atoms with Crippen LogP contribution < -0.4 is 11.1 Å². The van der Waals surface area contributed by atoms with Gasteiger partial charge in [-0.3, -0.25) is 9.89 Å². The summed E-state index contributed by atoms with van der Waals surface area (Å²) < 4.78 is 0. The zero-order valence-corrected chi connectivity index (χ0v) is 12.9. The average Bonchev–Trinajstić information content (AvgIpc) is 2.85. The van der Waals surface area contributed by atoms with Gasteiger partial charge < -0.3 is 11.1 Å². The van der Waals surface area contributed by atoms with Gasteiger partial charge in [0.15, 0.2) is 5.82 Å².